The highest BCUT2D eigenvalue weighted by Gasteiger charge is 2.06. The molecule has 0 aliphatic heterocycles. The molecule has 3 rings (SSSR count). The summed E-state index contributed by atoms with van der Waals surface area (Å²) in [6.45, 7) is 3.44. The molecule has 0 radical (unpaired) electrons. The molecule has 0 aliphatic rings. The van der Waals surface area contributed by atoms with Gasteiger partial charge in [-0.05, 0) is 41.6 Å². The second-order valence-electron chi connectivity index (χ2n) is 5.36. The highest BCUT2D eigenvalue weighted by molar-refractivity contribution is 5.80. The smallest absolute Gasteiger partial charge is 0.123 e. The number of benzene rings is 2. The minimum absolute atomic E-state index is 0.495. The van der Waals surface area contributed by atoms with Gasteiger partial charge in [-0.15, -0.1) is 0 Å². The lowest BCUT2D eigenvalue weighted by molar-refractivity contribution is 0.409. The van der Waals surface area contributed by atoms with Crippen molar-refractivity contribution in [1.82, 2.24) is 4.57 Å². The summed E-state index contributed by atoms with van der Waals surface area (Å²) < 4.78 is 7.68. The summed E-state index contributed by atoms with van der Waals surface area (Å²) in [5, 5.41) is 1.27. The van der Waals surface area contributed by atoms with Crippen molar-refractivity contribution >= 4 is 10.9 Å². The molecule has 2 aromatic carbocycles. The number of nitrogens with two attached hydrogens (primary N) is 1. The first kappa shape index (κ1) is 13.7. The minimum Gasteiger partial charge on any atom is -0.496 e. The van der Waals surface area contributed by atoms with Gasteiger partial charge in [0, 0.05) is 30.4 Å². The zero-order chi connectivity index (χ0) is 14.8. The maximum atomic E-state index is 5.72. The molecular formula is C18H20N2O. The Morgan fingerprint density at radius 2 is 1.95 bits per heavy atom. The molecular weight excluding hydrogens is 260 g/mol. The van der Waals surface area contributed by atoms with E-state index < -0.39 is 0 Å². The van der Waals surface area contributed by atoms with Crippen LogP contribution in [0.15, 0.2) is 48.7 Å². The topological polar surface area (TPSA) is 40.2 Å². The number of hydrogen-bond acceptors (Lipinski definition) is 2. The molecule has 0 unspecified atom stereocenters. The van der Waals surface area contributed by atoms with Crippen LogP contribution in [-0.2, 0) is 13.1 Å². The zero-order valence-electron chi connectivity index (χ0n) is 12.5. The van der Waals surface area contributed by atoms with Crippen LogP contribution in [0.2, 0.25) is 0 Å². The van der Waals surface area contributed by atoms with Crippen LogP contribution in [0.3, 0.4) is 0 Å². The van der Waals surface area contributed by atoms with Crippen LogP contribution in [0.25, 0.3) is 10.9 Å². The van der Waals surface area contributed by atoms with Gasteiger partial charge in [-0.3, -0.25) is 0 Å². The van der Waals surface area contributed by atoms with Crippen LogP contribution in [-0.4, -0.2) is 11.7 Å². The van der Waals surface area contributed by atoms with Crippen molar-refractivity contribution in [2.45, 2.75) is 20.0 Å². The first-order valence-electron chi connectivity index (χ1n) is 7.12. The van der Waals surface area contributed by atoms with E-state index in [1.54, 1.807) is 7.11 Å². The van der Waals surface area contributed by atoms with Crippen LogP contribution in [0, 0.1) is 6.92 Å². The molecule has 0 bridgehead atoms. The average Bonchev–Trinajstić information content (AvgIpc) is 2.89. The Bertz CT molecular complexity index is 774. The number of aromatic nitrogens is 1. The summed E-state index contributed by atoms with van der Waals surface area (Å²) in [5.41, 5.74) is 10.5. The van der Waals surface area contributed by atoms with E-state index in [0.29, 0.717) is 6.54 Å². The summed E-state index contributed by atoms with van der Waals surface area (Å²) in [6, 6.07) is 14.9. The number of nitrogens with zero attached hydrogens (tertiary/aromatic N) is 1. The van der Waals surface area contributed by atoms with Gasteiger partial charge in [-0.25, -0.2) is 0 Å². The first-order valence-corrected chi connectivity index (χ1v) is 7.12. The summed E-state index contributed by atoms with van der Waals surface area (Å²) in [6.07, 6.45) is 2.13. The van der Waals surface area contributed by atoms with Crippen molar-refractivity contribution in [2.24, 2.45) is 5.73 Å². The second-order valence-corrected chi connectivity index (χ2v) is 5.36. The molecule has 1 heterocycles. The van der Waals surface area contributed by atoms with Gasteiger partial charge in [0.05, 0.1) is 7.11 Å². The molecule has 0 amide bonds. The number of methoxy groups -OCH3 is 1. The summed E-state index contributed by atoms with van der Waals surface area (Å²) in [4.78, 5) is 0. The van der Waals surface area contributed by atoms with E-state index in [0.717, 1.165) is 17.9 Å². The zero-order valence-corrected chi connectivity index (χ0v) is 12.5. The molecule has 0 saturated carbocycles. The maximum Gasteiger partial charge on any atom is 0.123 e. The van der Waals surface area contributed by atoms with Crippen molar-refractivity contribution in [2.75, 3.05) is 7.11 Å². The van der Waals surface area contributed by atoms with Gasteiger partial charge in [-0.2, -0.15) is 0 Å². The van der Waals surface area contributed by atoms with Gasteiger partial charge in [0.2, 0.25) is 0 Å². The van der Waals surface area contributed by atoms with E-state index >= 15 is 0 Å². The van der Waals surface area contributed by atoms with E-state index in [4.69, 9.17) is 10.5 Å². The lowest BCUT2D eigenvalue weighted by Crippen LogP contribution is -2.03. The summed E-state index contributed by atoms with van der Waals surface area (Å²) >= 11 is 0. The number of fused-ring (bicyclic) bond motifs is 1. The standard InChI is InChI=1S/C18H20N2O/c1-13-3-5-15-7-8-20(17(15)9-13)12-14-4-6-16(11-19)18(10-14)21-2/h3-10H,11-12,19H2,1-2H3. The van der Waals surface area contributed by atoms with E-state index in [2.05, 4.69) is 54.1 Å². The van der Waals surface area contributed by atoms with E-state index in [1.807, 2.05) is 6.07 Å². The molecule has 0 fully saturated rings. The van der Waals surface area contributed by atoms with Gasteiger partial charge in [0.25, 0.3) is 0 Å². The third-order valence-corrected chi connectivity index (χ3v) is 3.85. The Kier molecular flexibility index (Phi) is 3.67. The van der Waals surface area contributed by atoms with Crippen LogP contribution in [0.5, 0.6) is 5.75 Å². The normalized spacial score (nSPS) is 11.0. The average molecular weight is 280 g/mol. The van der Waals surface area contributed by atoms with Gasteiger partial charge in [0.1, 0.15) is 5.75 Å². The summed E-state index contributed by atoms with van der Waals surface area (Å²) in [5.74, 6) is 0.864. The molecule has 3 heteroatoms. The van der Waals surface area contributed by atoms with E-state index in [1.165, 1.54) is 22.0 Å². The van der Waals surface area contributed by atoms with Crippen molar-refractivity contribution in [3.8, 4) is 5.75 Å². The Labute approximate surface area is 125 Å². The largest absolute Gasteiger partial charge is 0.496 e. The Morgan fingerprint density at radius 3 is 2.71 bits per heavy atom. The van der Waals surface area contributed by atoms with Crippen LogP contribution >= 0.6 is 0 Å². The van der Waals surface area contributed by atoms with Gasteiger partial charge in [-0.1, -0.05) is 24.3 Å². The van der Waals surface area contributed by atoms with Crippen LogP contribution < -0.4 is 10.5 Å². The lowest BCUT2D eigenvalue weighted by Gasteiger charge is -2.11. The fourth-order valence-electron chi connectivity index (χ4n) is 2.68. The molecule has 3 aromatic rings. The van der Waals surface area contributed by atoms with Crippen LogP contribution in [0.4, 0.5) is 0 Å². The van der Waals surface area contributed by atoms with Crippen molar-refractivity contribution in [3.05, 3.63) is 65.4 Å². The predicted molar refractivity (Wildman–Crippen MR) is 86.7 cm³/mol. The lowest BCUT2D eigenvalue weighted by atomic mass is 10.1. The highest BCUT2D eigenvalue weighted by Crippen LogP contribution is 2.23. The maximum absolute atomic E-state index is 5.72. The number of hydrogen-bond donors (Lipinski definition) is 1. The molecule has 108 valence electrons. The van der Waals surface area contributed by atoms with Crippen molar-refractivity contribution in [1.29, 1.82) is 0 Å². The third-order valence-electron chi connectivity index (χ3n) is 3.85. The van der Waals surface area contributed by atoms with Crippen LogP contribution in [0.1, 0.15) is 16.7 Å². The molecule has 0 saturated heterocycles. The molecule has 2 N–H and O–H groups in total. The molecule has 21 heavy (non-hydrogen) atoms. The van der Waals surface area contributed by atoms with Gasteiger partial charge in [0.15, 0.2) is 0 Å². The van der Waals surface area contributed by atoms with Crippen molar-refractivity contribution in [3.63, 3.8) is 0 Å². The number of ether oxygens (including phenoxy) is 1. The number of rotatable bonds is 4. The van der Waals surface area contributed by atoms with Crippen molar-refractivity contribution < 1.29 is 4.74 Å². The predicted octanol–water partition coefficient (Wildman–Crippen LogP) is 3.47. The first-order chi connectivity index (χ1) is 10.2. The van der Waals surface area contributed by atoms with E-state index in [-0.39, 0.29) is 0 Å². The number of aryl methyl sites for hydroxylation is 1. The molecule has 0 atom stereocenters. The Balaban J connectivity index is 1.96. The highest BCUT2D eigenvalue weighted by atomic mass is 16.5. The SMILES string of the molecule is COc1cc(Cn2ccc3ccc(C)cc32)ccc1CN. The van der Waals surface area contributed by atoms with E-state index in [9.17, 15) is 0 Å². The second kappa shape index (κ2) is 5.62. The third kappa shape index (κ3) is 2.65. The molecule has 1 aromatic heterocycles. The molecule has 0 aliphatic carbocycles. The molecule has 0 spiro atoms. The quantitative estimate of drug-likeness (QED) is 0.795. The fourth-order valence-corrected chi connectivity index (χ4v) is 2.68. The fraction of sp³-hybridized carbons (Fsp3) is 0.222. The van der Waals surface area contributed by atoms with Gasteiger partial charge >= 0.3 is 0 Å². The monoisotopic (exact) mass is 280 g/mol. The Morgan fingerprint density at radius 1 is 1.10 bits per heavy atom. The van der Waals surface area contributed by atoms with Gasteiger partial charge < -0.3 is 15.0 Å². The molecule has 3 nitrogen and oxygen atoms in total. The summed E-state index contributed by atoms with van der Waals surface area (Å²) in [7, 11) is 1.69. The Hall–Kier alpha value is -2.26. The minimum atomic E-state index is 0.495.